The number of hydrogen-bond acceptors (Lipinski definition) is 6. The molecule has 130 valence electrons. The van der Waals surface area contributed by atoms with Crippen LogP contribution >= 0.6 is 11.6 Å². The first kappa shape index (κ1) is 18.2. The van der Waals surface area contributed by atoms with E-state index in [0.29, 0.717) is 17.0 Å². The number of halogens is 1. The SMILES string of the molecule is COc1ccccc1NCC(=O)N/N=C\c1ccc(Cl)c([N+](=O)[O-])c1. The molecule has 0 aliphatic carbocycles. The van der Waals surface area contributed by atoms with Crippen molar-refractivity contribution in [3.8, 4) is 5.75 Å². The first-order valence-electron chi connectivity index (χ1n) is 7.14. The molecule has 25 heavy (non-hydrogen) atoms. The highest BCUT2D eigenvalue weighted by atomic mass is 35.5. The molecule has 0 radical (unpaired) electrons. The zero-order valence-electron chi connectivity index (χ0n) is 13.2. The van der Waals surface area contributed by atoms with Gasteiger partial charge in [-0.2, -0.15) is 5.10 Å². The van der Waals surface area contributed by atoms with E-state index in [0.717, 1.165) is 0 Å². The van der Waals surface area contributed by atoms with Crippen LogP contribution in [0.5, 0.6) is 5.75 Å². The smallest absolute Gasteiger partial charge is 0.288 e. The zero-order chi connectivity index (χ0) is 18.2. The predicted octanol–water partition coefficient (Wildman–Crippen LogP) is 2.82. The summed E-state index contributed by atoms with van der Waals surface area (Å²) >= 11 is 5.73. The van der Waals surface area contributed by atoms with Gasteiger partial charge in [0.2, 0.25) is 0 Å². The van der Waals surface area contributed by atoms with E-state index in [1.165, 1.54) is 25.5 Å². The molecule has 0 spiro atoms. The Morgan fingerprint density at radius 3 is 2.84 bits per heavy atom. The molecule has 1 amide bonds. The van der Waals surface area contributed by atoms with Gasteiger partial charge in [0.1, 0.15) is 10.8 Å². The van der Waals surface area contributed by atoms with Crippen LogP contribution in [0.1, 0.15) is 5.56 Å². The lowest BCUT2D eigenvalue weighted by atomic mass is 10.2. The monoisotopic (exact) mass is 362 g/mol. The molecule has 0 fully saturated rings. The number of nitrogens with zero attached hydrogens (tertiary/aromatic N) is 2. The molecule has 0 saturated heterocycles. The minimum Gasteiger partial charge on any atom is -0.495 e. The minimum absolute atomic E-state index is 0.0154. The molecule has 0 atom stereocenters. The molecule has 0 bridgehead atoms. The molecule has 2 N–H and O–H groups in total. The molecule has 0 saturated carbocycles. The summed E-state index contributed by atoms with van der Waals surface area (Å²) in [7, 11) is 1.54. The van der Waals surface area contributed by atoms with Gasteiger partial charge in [0, 0.05) is 11.6 Å². The third-order valence-corrected chi connectivity index (χ3v) is 3.44. The summed E-state index contributed by atoms with van der Waals surface area (Å²) in [6, 6.07) is 11.4. The maximum Gasteiger partial charge on any atom is 0.288 e. The standard InChI is InChI=1S/C16H15ClN4O4/c1-25-15-5-3-2-4-13(15)18-10-16(22)20-19-9-11-6-7-12(17)14(8-11)21(23)24/h2-9,18H,10H2,1H3,(H,20,22)/b19-9-. The summed E-state index contributed by atoms with van der Waals surface area (Å²) in [5.74, 6) is 0.234. The van der Waals surface area contributed by atoms with Crippen LogP contribution in [0.15, 0.2) is 47.6 Å². The normalized spacial score (nSPS) is 10.5. The van der Waals surface area contributed by atoms with Crippen molar-refractivity contribution < 1.29 is 14.5 Å². The van der Waals surface area contributed by atoms with Crippen molar-refractivity contribution in [2.75, 3.05) is 19.0 Å². The Kier molecular flexibility index (Phi) is 6.30. The predicted molar refractivity (Wildman–Crippen MR) is 95.3 cm³/mol. The largest absolute Gasteiger partial charge is 0.495 e. The van der Waals surface area contributed by atoms with Crippen LogP contribution in [0, 0.1) is 10.1 Å². The van der Waals surface area contributed by atoms with Crippen molar-refractivity contribution in [1.82, 2.24) is 5.43 Å². The van der Waals surface area contributed by atoms with Gasteiger partial charge in [-0.05, 0) is 18.2 Å². The number of hydrazone groups is 1. The maximum atomic E-state index is 11.8. The van der Waals surface area contributed by atoms with Crippen LogP contribution in [0.2, 0.25) is 5.02 Å². The fourth-order valence-corrected chi connectivity index (χ4v) is 2.12. The Hall–Kier alpha value is -3.13. The molecule has 8 nitrogen and oxygen atoms in total. The number of carbonyl (C=O) groups is 1. The van der Waals surface area contributed by atoms with Crippen LogP contribution in [-0.2, 0) is 4.79 Å². The summed E-state index contributed by atoms with van der Waals surface area (Å²) < 4.78 is 5.17. The highest BCUT2D eigenvalue weighted by molar-refractivity contribution is 6.32. The van der Waals surface area contributed by atoms with Crippen molar-refractivity contribution in [3.63, 3.8) is 0 Å². The van der Waals surface area contributed by atoms with E-state index in [9.17, 15) is 14.9 Å². The number of rotatable bonds is 7. The summed E-state index contributed by atoms with van der Waals surface area (Å²) in [4.78, 5) is 22.0. The van der Waals surface area contributed by atoms with Crippen molar-refractivity contribution >= 4 is 35.1 Å². The van der Waals surface area contributed by atoms with E-state index in [1.54, 1.807) is 18.2 Å². The van der Waals surface area contributed by atoms with Crippen molar-refractivity contribution in [3.05, 3.63) is 63.2 Å². The fraction of sp³-hybridized carbons (Fsp3) is 0.125. The molecule has 2 aromatic carbocycles. The molecule has 0 heterocycles. The van der Waals surface area contributed by atoms with E-state index in [2.05, 4.69) is 15.8 Å². The molecule has 0 aliphatic heterocycles. The van der Waals surface area contributed by atoms with Gasteiger partial charge in [0.15, 0.2) is 0 Å². The summed E-state index contributed by atoms with van der Waals surface area (Å²) in [6.07, 6.45) is 1.30. The number of ether oxygens (including phenoxy) is 1. The van der Waals surface area contributed by atoms with Gasteiger partial charge >= 0.3 is 0 Å². The van der Waals surface area contributed by atoms with Gasteiger partial charge < -0.3 is 10.1 Å². The third-order valence-electron chi connectivity index (χ3n) is 3.12. The molecule has 0 aromatic heterocycles. The lowest BCUT2D eigenvalue weighted by Gasteiger charge is -2.09. The second-order valence-corrected chi connectivity index (χ2v) is 5.22. The first-order chi connectivity index (χ1) is 12.0. The van der Waals surface area contributed by atoms with Gasteiger partial charge in [-0.3, -0.25) is 14.9 Å². The summed E-state index contributed by atoms with van der Waals surface area (Å²) in [5, 5.41) is 17.5. The lowest BCUT2D eigenvalue weighted by Crippen LogP contribution is -2.26. The average Bonchev–Trinajstić information content (AvgIpc) is 2.61. The van der Waals surface area contributed by atoms with Crippen LogP contribution in [0.3, 0.4) is 0 Å². The minimum atomic E-state index is -0.588. The molecular weight excluding hydrogens is 348 g/mol. The number of methoxy groups -OCH3 is 1. The third kappa shape index (κ3) is 5.18. The van der Waals surface area contributed by atoms with E-state index in [-0.39, 0.29) is 23.2 Å². The number of hydrogen-bond donors (Lipinski definition) is 2. The molecular formula is C16H15ClN4O4. The quantitative estimate of drug-likeness (QED) is 0.447. The van der Waals surface area contributed by atoms with Crippen molar-refractivity contribution in [2.45, 2.75) is 0 Å². The molecule has 9 heteroatoms. The topological polar surface area (TPSA) is 106 Å². The van der Waals surface area contributed by atoms with E-state index >= 15 is 0 Å². The van der Waals surface area contributed by atoms with Gasteiger partial charge in [-0.15, -0.1) is 0 Å². The van der Waals surface area contributed by atoms with Gasteiger partial charge in [-0.25, -0.2) is 5.43 Å². The van der Waals surface area contributed by atoms with Crippen LogP contribution in [-0.4, -0.2) is 30.7 Å². The highest BCUT2D eigenvalue weighted by Crippen LogP contribution is 2.24. The fourth-order valence-electron chi connectivity index (χ4n) is 1.93. The molecule has 2 rings (SSSR count). The number of carbonyl (C=O) groups excluding carboxylic acids is 1. The highest BCUT2D eigenvalue weighted by Gasteiger charge is 2.11. The Labute approximate surface area is 148 Å². The molecule has 2 aromatic rings. The summed E-state index contributed by atoms with van der Waals surface area (Å²) in [5.41, 5.74) is 3.22. The number of benzene rings is 2. The Bertz CT molecular complexity index is 810. The number of amides is 1. The maximum absolute atomic E-state index is 11.8. The van der Waals surface area contributed by atoms with Crippen LogP contribution in [0.4, 0.5) is 11.4 Å². The first-order valence-corrected chi connectivity index (χ1v) is 7.52. The van der Waals surface area contributed by atoms with E-state index < -0.39 is 4.92 Å². The number of para-hydroxylation sites is 2. The second-order valence-electron chi connectivity index (χ2n) is 4.81. The van der Waals surface area contributed by atoms with Gasteiger partial charge in [0.25, 0.3) is 11.6 Å². The Morgan fingerprint density at radius 2 is 2.12 bits per heavy atom. The van der Waals surface area contributed by atoms with Gasteiger partial charge in [0.05, 0.1) is 30.5 Å². The average molecular weight is 363 g/mol. The molecule has 0 aliphatic rings. The van der Waals surface area contributed by atoms with Crippen molar-refractivity contribution in [2.24, 2.45) is 5.10 Å². The zero-order valence-corrected chi connectivity index (χ0v) is 14.0. The molecule has 0 unspecified atom stereocenters. The van der Waals surface area contributed by atoms with E-state index in [4.69, 9.17) is 16.3 Å². The van der Waals surface area contributed by atoms with Crippen molar-refractivity contribution in [1.29, 1.82) is 0 Å². The van der Waals surface area contributed by atoms with E-state index in [1.807, 2.05) is 12.1 Å². The van der Waals surface area contributed by atoms with Crippen LogP contribution in [0.25, 0.3) is 0 Å². The summed E-state index contributed by atoms with van der Waals surface area (Å²) in [6.45, 7) is -0.0154. The second kappa shape index (κ2) is 8.65. The number of nitro groups is 1. The number of anilines is 1. The Morgan fingerprint density at radius 1 is 1.36 bits per heavy atom. The van der Waals surface area contributed by atoms with Crippen LogP contribution < -0.4 is 15.5 Å². The number of nitrogens with one attached hydrogen (secondary N) is 2. The Balaban J connectivity index is 1.90. The lowest BCUT2D eigenvalue weighted by molar-refractivity contribution is -0.384. The van der Waals surface area contributed by atoms with Gasteiger partial charge in [-0.1, -0.05) is 29.8 Å². The number of nitro benzene ring substituents is 1.